The number of unbranched alkanes of at least 4 members (excludes halogenated alkanes) is 2. The highest BCUT2D eigenvalue weighted by atomic mass is 16.5. The predicted molar refractivity (Wildman–Crippen MR) is 42.3 cm³/mol. The number of carbonyl (C=O) groups is 1. The first-order chi connectivity index (χ1) is 5.27. The third-order valence-corrected chi connectivity index (χ3v) is 1.17. The van der Waals surface area contributed by atoms with Gasteiger partial charge in [-0.1, -0.05) is 19.8 Å². The molecule has 0 fully saturated rings. The van der Waals surface area contributed by atoms with E-state index in [0.717, 1.165) is 25.3 Å². The maximum absolute atomic E-state index is 9.92. The van der Waals surface area contributed by atoms with E-state index < -0.39 is 5.97 Å². The van der Waals surface area contributed by atoms with E-state index in [1.807, 2.05) is 0 Å². The van der Waals surface area contributed by atoms with Crippen LogP contribution < -0.4 is 0 Å². The fraction of sp³-hybridized carbons (Fsp3) is 0.625. The Balaban J connectivity index is 3.07. The van der Waals surface area contributed by atoms with Crippen molar-refractivity contribution in [1.82, 2.24) is 0 Å². The Morgan fingerprint density at radius 2 is 2.27 bits per heavy atom. The molecule has 0 atom stereocenters. The van der Waals surface area contributed by atoms with Crippen molar-refractivity contribution in [3.8, 4) is 0 Å². The average molecular weight is 158 g/mol. The van der Waals surface area contributed by atoms with Gasteiger partial charge in [0.05, 0.1) is 18.9 Å². The highest BCUT2D eigenvalue weighted by molar-refractivity contribution is 5.79. The SMILES string of the molecule is CCCCCOC=CC(=O)O. The standard InChI is InChI=1S/C8H14O3/c1-2-3-4-6-11-7-5-8(9)10/h5,7H,2-4,6H2,1H3,(H,9,10). The van der Waals surface area contributed by atoms with Gasteiger partial charge in [0.15, 0.2) is 0 Å². The van der Waals surface area contributed by atoms with E-state index in [-0.39, 0.29) is 0 Å². The smallest absolute Gasteiger partial charge is 0.331 e. The first-order valence-corrected chi connectivity index (χ1v) is 3.78. The molecule has 0 spiro atoms. The van der Waals surface area contributed by atoms with Crippen LogP contribution in [0.1, 0.15) is 26.2 Å². The van der Waals surface area contributed by atoms with E-state index in [2.05, 4.69) is 6.92 Å². The molecule has 3 nitrogen and oxygen atoms in total. The zero-order valence-corrected chi connectivity index (χ0v) is 6.75. The third kappa shape index (κ3) is 9.01. The molecule has 0 aromatic carbocycles. The van der Waals surface area contributed by atoms with Gasteiger partial charge in [0.2, 0.25) is 0 Å². The largest absolute Gasteiger partial charge is 0.501 e. The molecule has 0 saturated carbocycles. The van der Waals surface area contributed by atoms with Crippen LogP contribution in [0.15, 0.2) is 12.3 Å². The molecule has 1 N–H and O–H groups in total. The van der Waals surface area contributed by atoms with Gasteiger partial charge in [-0.25, -0.2) is 4.79 Å². The Kier molecular flexibility index (Phi) is 6.48. The lowest BCUT2D eigenvalue weighted by Crippen LogP contribution is -1.90. The van der Waals surface area contributed by atoms with Gasteiger partial charge in [0.1, 0.15) is 0 Å². The topological polar surface area (TPSA) is 46.5 Å². The van der Waals surface area contributed by atoms with Gasteiger partial charge in [0, 0.05) is 0 Å². The lowest BCUT2D eigenvalue weighted by Gasteiger charge is -1.97. The number of hydrogen-bond acceptors (Lipinski definition) is 2. The van der Waals surface area contributed by atoms with Gasteiger partial charge in [-0.15, -0.1) is 0 Å². The minimum Gasteiger partial charge on any atom is -0.501 e. The minimum atomic E-state index is -0.972. The summed E-state index contributed by atoms with van der Waals surface area (Å²) in [5.74, 6) is -0.972. The monoisotopic (exact) mass is 158 g/mol. The van der Waals surface area contributed by atoms with Crippen molar-refractivity contribution < 1.29 is 14.6 Å². The lowest BCUT2D eigenvalue weighted by molar-refractivity contribution is -0.131. The molecule has 0 aliphatic heterocycles. The number of rotatable bonds is 6. The van der Waals surface area contributed by atoms with Crippen LogP contribution >= 0.6 is 0 Å². The second-order valence-electron chi connectivity index (χ2n) is 2.22. The summed E-state index contributed by atoms with van der Waals surface area (Å²) in [7, 11) is 0. The highest BCUT2D eigenvalue weighted by Crippen LogP contribution is 1.93. The van der Waals surface area contributed by atoms with Crippen molar-refractivity contribution in [1.29, 1.82) is 0 Å². The summed E-state index contributed by atoms with van der Waals surface area (Å²) < 4.78 is 4.89. The van der Waals surface area contributed by atoms with Gasteiger partial charge in [-0.3, -0.25) is 0 Å². The molecule has 0 saturated heterocycles. The molecule has 3 heteroatoms. The van der Waals surface area contributed by atoms with Crippen molar-refractivity contribution in [3.05, 3.63) is 12.3 Å². The molecule has 0 aliphatic carbocycles. The van der Waals surface area contributed by atoms with Crippen molar-refractivity contribution in [2.24, 2.45) is 0 Å². The summed E-state index contributed by atoms with van der Waals surface area (Å²) in [6.45, 7) is 2.71. The van der Waals surface area contributed by atoms with Crippen molar-refractivity contribution >= 4 is 5.97 Å². The van der Waals surface area contributed by atoms with E-state index in [9.17, 15) is 4.79 Å². The van der Waals surface area contributed by atoms with Crippen molar-refractivity contribution in [2.45, 2.75) is 26.2 Å². The molecule has 0 aliphatic rings. The number of hydrogen-bond donors (Lipinski definition) is 1. The van der Waals surface area contributed by atoms with E-state index in [1.54, 1.807) is 0 Å². The van der Waals surface area contributed by atoms with E-state index in [0.29, 0.717) is 6.61 Å². The third-order valence-electron chi connectivity index (χ3n) is 1.17. The Labute approximate surface area is 66.7 Å². The van der Waals surface area contributed by atoms with E-state index >= 15 is 0 Å². The first kappa shape index (κ1) is 10.0. The lowest BCUT2D eigenvalue weighted by atomic mass is 10.3. The van der Waals surface area contributed by atoms with Crippen LogP contribution in [0.5, 0.6) is 0 Å². The van der Waals surface area contributed by atoms with Gasteiger partial charge >= 0.3 is 5.97 Å². The van der Waals surface area contributed by atoms with Gasteiger partial charge < -0.3 is 9.84 Å². The predicted octanol–water partition coefficient (Wildman–Crippen LogP) is 1.79. The van der Waals surface area contributed by atoms with Crippen molar-refractivity contribution in [3.63, 3.8) is 0 Å². The van der Waals surface area contributed by atoms with E-state index in [4.69, 9.17) is 9.84 Å². The molecule has 0 unspecified atom stereocenters. The maximum Gasteiger partial charge on any atom is 0.331 e. The summed E-state index contributed by atoms with van der Waals surface area (Å²) in [5, 5.41) is 8.15. The Bertz CT molecular complexity index is 129. The molecule has 0 aromatic rings. The minimum absolute atomic E-state index is 0.609. The Hall–Kier alpha value is -0.990. The zero-order chi connectivity index (χ0) is 8.53. The van der Waals surface area contributed by atoms with Crippen LogP contribution in [0, 0.1) is 0 Å². The summed E-state index contributed by atoms with van der Waals surface area (Å²) in [6, 6.07) is 0. The van der Waals surface area contributed by atoms with Crippen LogP contribution in [0.3, 0.4) is 0 Å². The number of aliphatic carboxylic acids is 1. The van der Waals surface area contributed by atoms with Crippen LogP contribution in [0.25, 0.3) is 0 Å². The first-order valence-electron chi connectivity index (χ1n) is 3.78. The summed E-state index contributed by atoms with van der Waals surface area (Å²) in [6.07, 6.45) is 5.47. The highest BCUT2D eigenvalue weighted by Gasteiger charge is 1.86. The summed E-state index contributed by atoms with van der Waals surface area (Å²) in [5.41, 5.74) is 0. The molecule has 0 radical (unpaired) electrons. The quantitative estimate of drug-likeness (QED) is 0.364. The average Bonchev–Trinajstić information content (AvgIpc) is 1.96. The number of ether oxygens (including phenoxy) is 1. The zero-order valence-electron chi connectivity index (χ0n) is 6.75. The maximum atomic E-state index is 9.92. The van der Waals surface area contributed by atoms with Crippen LogP contribution in [0.2, 0.25) is 0 Å². The number of carboxylic acids is 1. The fourth-order valence-electron chi connectivity index (χ4n) is 0.610. The van der Waals surface area contributed by atoms with E-state index in [1.165, 1.54) is 6.26 Å². The Morgan fingerprint density at radius 1 is 1.55 bits per heavy atom. The van der Waals surface area contributed by atoms with Gasteiger partial charge in [-0.05, 0) is 6.42 Å². The van der Waals surface area contributed by atoms with Crippen LogP contribution in [-0.2, 0) is 9.53 Å². The van der Waals surface area contributed by atoms with Gasteiger partial charge in [-0.2, -0.15) is 0 Å². The second-order valence-corrected chi connectivity index (χ2v) is 2.22. The fourth-order valence-corrected chi connectivity index (χ4v) is 0.610. The molecule has 0 bridgehead atoms. The molecule has 64 valence electrons. The summed E-state index contributed by atoms with van der Waals surface area (Å²) >= 11 is 0. The molecular formula is C8H14O3. The molecule has 0 aromatic heterocycles. The molecule has 0 rings (SSSR count). The van der Waals surface area contributed by atoms with Crippen molar-refractivity contribution in [2.75, 3.05) is 6.61 Å². The van der Waals surface area contributed by atoms with Gasteiger partial charge in [0.25, 0.3) is 0 Å². The summed E-state index contributed by atoms with van der Waals surface area (Å²) in [4.78, 5) is 9.92. The van der Waals surface area contributed by atoms with Crippen LogP contribution in [0.4, 0.5) is 0 Å². The van der Waals surface area contributed by atoms with Crippen LogP contribution in [-0.4, -0.2) is 17.7 Å². The molecular weight excluding hydrogens is 144 g/mol. The molecule has 0 amide bonds. The second kappa shape index (κ2) is 7.12. The molecule has 0 heterocycles. The molecule has 11 heavy (non-hydrogen) atoms. The Morgan fingerprint density at radius 3 is 2.82 bits per heavy atom. The normalized spacial score (nSPS) is 10.3. The number of carboxylic acid groups (broad SMARTS) is 1.